The normalized spacial score (nSPS) is 18.8. The number of nitrogens with one attached hydrogen (secondary N) is 1. The Morgan fingerprint density at radius 1 is 1.45 bits per heavy atom. The van der Waals surface area contributed by atoms with E-state index >= 15 is 0 Å². The molecule has 1 unspecified atom stereocenters. The number of aromatic nitrogens is 2. The molecule has 0 radical (unpaired) electrons. The second kappa shape index (κ2) is 6.50. The van der Waals surface area contributed by atoms with Crippen molar-refractivity contribution in [1.82, 2.24) is 19.8 Å². The maximum absolute atomic E-state index is 12.2. The quantitative estimate of drug-likeness (QED) is 0.889. The van der Waals surface area contributed by atoms with Gasteiger partial charge in [0, 0.05) is 50.4 Å². The average molecular weight is 306 g/mol. The molecular formula is C16H26N4O2. The monoisotopic (exact) mass is 306 g/mol. The summed E-state index contributed by atoms with van der Waals surface area (Å²) in [6.45, 7) is 9.83. The van der Waals surface area contributed by atoms with Crippen molar-refractivity contribution in [2.75, 3.05) is 13.1 Å². The zero-order valence-corrected chi connectivity index (χ0v) is 13.9. The van der Waals surface area contributed by atoms with E-state index in [0.29, 0.717) is 26.1 Å². The van der Waals surface area contributed by atoms with Crippen LogP contribution in [0.5, 0.6) is 0 Å². The van der Waals surface area contributed by atoms with Gasteiger partial charge in [0.2, 0.25) is 11.8 Å². The van der Waals surface area contributed by atoms with Crippen molar-refractivity contribution < 1.29 is 9.59 Å². The van der Waals surface area contributed by atoms with E-state index in [9.17, 15) is 9.59 Å². The Morgan fingerprint density at radius 2 is 2.18 bits per heavy atom. The maximum Gasteiger partial charge on any atom is 0.225 e. The van der Waals surface area contributed by atoms with Gasteiger partial charge >= 0.3 is 0 Å². The lowest BCUT2D eigenvalue weighted by Crippen LogP contribution is -2.43. The first-order chi connectivity index (χ1) is 10.3. The summed E-state index contributed by atoms with van der Waals surface area (Å²) in [6.07, 6.45) is 4.88. The summed E-state index contributed by atoms with van der Waals surface area (Å²) in [6, 6.07) is 0. The largest absolute Gasteiger partial charge is 0.354 e. The summed E-state index contributed by atoms with van der Waals surface area (Å²) in [5.74, 6) is 0.818. The number of carbonyl (C=O) groups excluding carboxylic acids is 2. The predicted molar refractivity (Wildman–Crippen MR) is 84.2 cm³/mol. The first-order valence-corrected chi connectivity index (χ1v) is 7.91. The van der Waals surface area contributed by atoms with Crippen molar-refractivity contribution >= 4 is 11.8 Å². The van der Waals surface area contributed by atoms with E-state index in [4.69, 9.17) is 0 Å². The van der Waals surface area contributed by atoms with Gasteiger partial charge in [-0.1, -0.05) is 6.92 Å². The number of likely N-dealkylation sites (tertiary alicyclic amines) is 1. The maximum atomic E-state index is 12.2. The van der Waals surface area contributed by atoms with Gasteiger partial charge in [-0.25, -0.2) is 4.98 Å². The summed E-state index contributed by atoms with van der Waals surface area (Å²) in [5.41, 5.74) is -0.223. The Balaban J connectivity index is 1.82. The number of nitrogens with zero attached hydrogens (tertiary/aromatic N) is 3. The molecule has 0 bridgehead atoms. The van der Waals surface area contributed by atoms with Crippen LogP contribution in [0.1, 0.15) is 39.9 Å². The second-order valence-corrected chi connectivity index (χ2v) is 6.76. The minimum absolute atomic E-state index is 0.0294. The number of hydrogen-bond acceptors (Lipinski definition) is 3. The molecule has 122 valence electrons. The van der Waals surface area contributed by atoms with Crippen molar-refractivity contribution in [2.45, 2.75) is 52.6 Å². The lowest BCUT2D eigenvalue weighted by molar-refractivity contribution is -0.132. The molecule has 1 aliphatic rings. The third-order valence-corrected chi connectivity index (χ3v) is 4.08. The molecule has 22 heavy (non-hydrogen) atoms. The Hall–Kier alpha value is -1.85. The van der Waals surface area contributed by atoms with Gasteiger partial charge in [0.25, 0.3) is 0 Å². The number of amides is 2. The first-order valence-electron chi connectivity index (χ1n) is 7.91. The predicted octanol–water partition coefficient (Wildman–Crippen LogP) is 1.21. The molecule has 6 nitrogen and oxygen atoms in total. The highest BCUT2D eigenvalue weighted by molar-refractivity contribution is 5.89. The Labute approximate surface area is 131 Å². The molecule has 1 saturated heterocycles. The topological polar surface area (TPSA) is 67.2 Å². The molecule has 1 N–H and O–H groups in total. The molecule has 1 aromatic heterocycles. The highest BCUT2D eigenvalue weighted by Crippen LogP contribution is 2.25. The van der Waals surface area contributed by atoms with E-state index in [1.54, 1.807) is 11.1 Å². The smallest absolute Gasteiger partial charge is 0.225 e. The van der Waals surface area contributed by atoms with Crippen molar-refractivity contribution in [3.8, 4) is 0 Å². The molecule has 6 heteroatoms. The second-order valence-electron chi connectivity index (χ2n) is 6.76. The first kappa shape index (κ1) is 16.5. The molecular weight excluding hydrogens is 280 g/mol. The van der Waals surface area contributed by atoms with Gasteiger partial charge in [-0.15, -0.1) is 0 Å². The van der Waals surface area contributed by atoms with E-state index in [0.717, 1.165) is 12.2 Å². The van der Waals surface area contributed by atoms with Crippen LogP contribution < -0.4 is 5.32 Å². The van der Waals surface area contributed by atoms with Crippen molar-refractivity contribution in [1.29, 1.82) is 0 Å². The van der Waals surface area contributed by atoms with E-state index in [2.05, 4.69) is 17.2 Å². The van der Waals surface area contributed by atoms with Crippen LogP contribution in [0.4, 0.5) is 0 Å². The molecule has 2 heterocycles. The van der Waals surface area contributed by atoms with Gasteiger partial charge in [0.15, 0.2) is 0 Å². The Kier molecular flexibility index (Phi) is 4.88. The third kappa shape index (κ3) is 3.67. The van der Waals surface area contributed by atoms with Crippen LogP contribution in [0, 0.1) is 5.92 Å². The van der Waals surface area contributed by atoms with E-state index in [-0.39, 0.29) is 23.3 Å². The Morgan fingerprint density at radius 3 is 2.77 bits per heavy atom. The molecule has 1 aliphatic heterocycles. The minimum Gasteiger partial charge on any atom is -0.354 e. The van der Waals surface area contributed by atoms with E-state index in [1.165, 1.54) is 0 Å². The van der Waals surface area contributed by atoms with Crippen LogP contribution >= 0.6 is 0 Å². The van der Waals surface area contributed by atoms with Crippen LogP contribution in [-0.4, -0.2) is 44.9 Å². The van der Waals surface area contributed by atoms with E-state index in [1.807, 2.05) is 31.5 Å². The summed E-state index contributed by atoms with van der Waals surface area (Å²) < 4.78 is 2.04. The fourth-order valence-electron chi connectivity index (χ4n) is 2.83. The van der Waals surface area contributed by atoms with E-state index < -0.39 is 0 Å². The van der Waals surface area contributed by atoms with Crippen molar-refractivity contribution in [3.63, 3.8) is 0 Å². The molecule has 2 rings (SSSR count). The SMILES string of the molecule is CCc1nccn1CCNC(=O)C1CC(=O)N(C(C)(C)C)C1. The van der Waals surface area contributed by atoms with Gasteiger partial charge in [-0.05, 0) is 20.8 Å². The number of hydrogen-bond donors (Lipinski definition) is 1. The molecule has 0 aliphatic carbocycles. The molecule has 1 aromatic rings. The zero-order valence-electron chi connectivity index (χ0n) is 13.9. The molecule has 0 saturated carbocycles. The number of aryl methyl sites for hydroxylation is 1. The zero-order chi connectivity index (χ0) is 16.3. The average Bonchev–Trinajstić information content (AvgIpc) is 3.04. The van der Waals surface area contributed by atoms with Crippen molar-refractivity contribution in [3.05, 3.63) is 18.2 Å². The van der Waals surface area contributed by atoms with Crippen LogP contribution in [0.3, 0.4) is 0 Å². The number of imidazole rings is 1. The summed E-state index contributed by atoms with van der Waals surface area (Å²) >= 11 is 0. The molecule has 1 fully saturated rings. The summed E-state index contributed by atoms with van der Waals surface area (Å²) in [5, 5.41) is 2.94. The molecule has 0 aromatic carbocycles. The molecule has 0 spiro atoms. The van der Waals surface area contributed by atoms with Crippen LogP contribution in [-0.2, 0) is 22.6 Å². The van der Waals surface area contributed by atoms with Gasteiger partial charge < -0.3 is 14.8 Å². The van der Waals surface area contributed by atoms with Gasteiger partial charge in [0.05, 0.1) is 5.92 Å². The van der Waals surface area contributed by atoms with Gasteiger partial charge in [-0.3, -0.25) is 9.59 Å². The lowest BCUT2D eigenvalue weighted by Gasteiger charge is -2.31. The summed E-state index contributed by atoms with van der Waals surface area (Å²) in [7, 11) is 0. The molecule has 2 amide bonds. The highest BCUT2D eigenvalue weighted by atomic mass is 16.2. The summed E-state index contributed by atoms with van der Waals surface area (Å²) in [4.78, 5) is 30.3. The van der Waals surface area contributed by atoms with Gasteiger partial charge in [0.1, 0.15) is 5.82 Å². The lowest BCUT2D eigenvalue weighted by atomic mass is 10.1. The number of carbonyl (C=O) groups is 2. The minimum atomic E-state index is -0.236. The molecule has 1 atom stereocenters. The Bertz CT molecular complexity index is 545. The number of rotatable bonds is 5. The standard InChI is InChI=1S/C16H26N4O2/c1-5-13-17-6-8-19(13)9-7-18-15(22)12-10-14(21)20(11-12)16(2,3)4/h6,8,12H,5,7,9-11H2,1-4H3,(H,18,22). The fourth-order valence-corrected chi connectivity index (χ4v) is 2.83. The van der Waals surface area contributed by atoms with Crippen molar-refractivity contribution in [2.24, 2.45) is 5.92 Å². The van der Waals surface area contributed by atoms with Crippen LogP contribution in [0.25, 0.3) is 0 Å². The van der Waals surface area contributed by atoms with Crippen LogP contribution in [0.2, 0.25) is 0 Å². The third-order valence-electron chi connectivity index (χ3n) is 4.08. The van der Waals surface area contributed by atoms with Crippen LogP contribution in [0.15, 0.2) is 12.4 Å². The highest BCUT2D eigenvalue weighted by Gasteiger charge is 2.39. The van der Waals surface area contributed by atoms with Gasteiger partial charge in [-0.2, -0.15) is 0 Å². The fraction of sp³-hybridized carbons (Fsp3) is 0.688.